The summed E-state index contributed by atoms with van der Waals surface area (Å²) in [4.78, 5) is 14.1. The van der Waals surface area contributed by atoms with E-state index in [2.05, 4.69) is 0 Å². The van der Waals surface area contributed by atoms with Gasteiger partial charge in [-0.05, 0) is 0 Å². The van der Waals surface area contributed by atoms with Crippen molar-refractivity contribution in [2.75, 3.05) is 11.4 Å². The van der Waals surface area contributed by atoms with Crippen molar-refractivity contribution < 1.29 is 27.4 Å². The summed E-state index contributed by atoms with van der Waals surface area (Å²) in [5.74, 6) is -0.721. The number of esters is 1. The minimum atomic E-state index is -2.14. The van der Waals surface area contributed by atoms with E-state index in [1.165, 1.54) is 12.1 Å². The van der Waals surface area contributed by atoms with Gasteiger partial charge in [0.05, 0.1) is 0 Å². The van der Waals surface area contributed by atoms with Gasteiger partial charge in [0.25, 0.3) is 0 Å². The van der Waals surface area contributed by atoms with Crippen molar-refractivity contribution in [3.05, 3.63) is 64.4 Å². The Morgan fingerprint density at radius 1 is 1.22 bits per heavy atom. The summed E-state index contributed by atoms with van der Waals surface area (Å²) in [6.07, 6.45) is -0.210. The molecule has 0 aliphatic rings. The molecule has 148 valence electrons. The van der Waals surface area contributed by atoms with E-state index in [4.69, 9.17) is 35.7 Å². The second-order valence-corrected chi connectivity index (χ2v) is 12.2. The molecule has 0 amide bonds. The maximum atomic E-state index is 13.7. The Morgan fingerprint density at radius 2 is 1.89 bits per heavy atom. The second-order valence-electron chi connectivity index (χ2n) is 6.02. The van der Waals surface area contributed by atoms with Gasteiger partial charge in [0.1, 0.15) is 0 Å². The monoisotopic (exact) mass is 519 g/mol. The Kier molecular flexibility index (Phi) is 8.69. The van der Waals surface area contributed by atoms with E-state index in [-0.39, 0.29) is 24.4 Å². The minimum absolute atomic E-state index is 0.0413. The van der Waals surface area contributed by atoms with Crippen LogP contribution in [0.25, 0.3) is 0 Å². The number of rotatable bonds is 7. The van der Waals surface area contributed by atoms with E-state index in [1.54, 1.807) is 36.7 Å². The normalized spacial score (nSPS) is 11.3. The number of nitrogens with zero attached hydrogens (tertiary/aromatic N) is 1. The summed E-state index contributed by atoms with van der Waals surface area (Å²) < 4.78 is 20.6. The first-order chi connectivity index (χ1) is 12.7. The van der Waals surface area contributed by atoms with Crippen LogP contribution in [0.3, 0.4) is 0 Å². The number of ether oxygens (including phenoxy) is 1. The van der Waals surface area contributed by atoms with Crippen molar-refractivity contribution >= 4 is 47.2 Å². The third-order valence-corrected chi connectivity index (χ3v) is 5.62. The molecule has 0 spiro atoms. The molecular formula is C19H19Cl3FNO2Ru. The van der Waals surface area contributed by atoms with Gasteiger partial charge < -0.3 is 0 Å². The van der Waals surface area contributed by atoms with E-state index < -0.39 is 13.5 Å². The molecule has 2 rings (SSSR count). The molecule has 3 nitrogen and oxygen atoms in total. The van der Waals surface area contributed by atoms with Crippen LogP contribution in [-0.4, -0.2) is 23.2 Å². The van der Waals surface area contributed by atoms with Gasteiger partial charge in [-0.1, -0.05) is 0 Å². The average Bonchev–Trinajstić information content (AvgIpc) is 2.56. The summed E-state index contributed by atoms with van der Waals surface area (Å²) in [6, 6.07) is 11.6. The fourth-order valence-electron chi connectivity index (χ4n) is 2.44. The first-order valence-electron chi connectivity index (χ1n) is 8.06. The number of carbonyl (C=O) groups excluding carboxylic acids is 1. The molecule has 8 heteroatoms. The average molecular weight is 520 g/mol. The van der Waals surface area contributed by atoms with Crippen LogP contribution >= 0.6 is 31.0 Å². The van der Waals surface area contributed by atoms with Crippen LogP contribution in [0.15, 0.2) is 42.5 Å². The summed E-state index contributed by atoms with van der Waals surface area (Å²) >= 11 is 3.83. The van der Waals surface area contributed by atoms with Crippen LogP contribution in [0.1, 0.15) is 25.0 Å². The quantitative estimate of drug-likeness (QED) is 0.357. The van der Waals surface area contributed by atoms with E-state index in [9.17, 15) is 9.18 Å². The molecule has 0 aliphatic carbocycles. The van der Waals surface area contributed by atoms with Crippen LogP contribution in [-0.2, 0) is 29.6 Å². The predicted molar refractivity (Wildman–Crippen MR) is 107 cm³/mol. The van der Waals surface area contributed by atoms with Gasteiger partial charge >= 0.3 is 177 Å². The number of hydrogen-bond acceptors (Lipinski definition) is 3. The van der Waals surface area contributed by atoms with Crippen molar-refractivity contribution in [3.8, 4) is 0 Å². The number of hydrogen-bond donors (Lipinski definition) is 0. The summed E-state index contributed by atoms with van der Waals surface area (Å²) in [5.41, 5.74) is 2.24. The molecule has 0 fully saturated rings. The predicted octanol–water partition coefficient (Wildman–Crippen LogP) is 5.51. The molecule has 0 aromatic heterocycles. The standard InChI is InChI=1S/C19H19ClFNO2.2ClH.Ru/c1-13(2)24-19(23)12-22(18-8-5-16(20)6-9-18)11-15-4-7-17(21)10-14(15)3;;;/h3-10,13H,11-12H2,1-2H3;2*1H;/q;;;+2/p-2. The number of anilines is 1. The maximum absolute atomic E-state index is 13.7. The molecule has 0 bridgehead atoms. The zero-order chi connectivity index (χ0) is 20.0. The molecule has 0 saturated heterocycles. The van der Waals surface area contributed by atoms with Gasteiger partial charge in [-0.15, -0.1) is 0 Å². The van der Waals surface area contributed by atoms with E-state index in [0.29, 0.717) is 17.1 Å². The van der Waals surface area contributed by atoms with Crippen LogP contribution in [0.5, 0.6) is 0 Å². The number of carbonyl (C=O) groups is 1. The van der Waals surface area contributed by atoms with Crippen LogP contribution in [0.2, 0.25) is 5.02 Å². The van der Waals surface area contributed by atoms with Crippen LogP contribution in [0, 0.1) is 5.82 Å². The SMILES string of the molecule is CC(C)OC(=O)CN(Cc1ccc(F)cc1[CH]=[Ru]([Cl])[Cl])c1ccc(Cl)cc1. The molecular weight excluding hydrogens is 501 g/mol. The summed E-state index contributed by atoms with van der Waals surface area (Å²) in [6.45, 7) is 3.99. The van der Waals surface area contributed by atoms with Crippen molar-refractivity contribution in [1.29, 1.82) is 0 Å². The Morgan fingerprint density at radius 3 is 2.48 bits per heavy atom. The van der Waals surface area contributed by atoms with Gasteiger partial charge in [0, 0.05) is 0 Å². The molecule has 0 atom stereocenters. The molecule has 0 radical (unpaired) electrons. The van der Waals surface area contributed by atoms with Gasteiger partial charge in [-0.3, -0.25) is 0 Å². The number of halogens is 4. The van der Waals surface area contributed by atoms with Gasteiger partial charge in [-0.2, -0.15) is 0 Å². The van der Waals surface area contributed by atoms with Crippen LogP contribution in [0.4, 0.5) is 10.1 Å². The summed E-state index contributed by atoms with van der Waals surface area (Å²) in [7, 11) is 12.0. The Labute approximate surface area is 176 Å². The molecule has 2 aromatic rings. The van der Waals surface area contributed by atoms with E-state index in [0.717, 1.165) is 11.3 Å². The topological polar surface area (TPSA) is 29.5 Å². The molecule has 2 aromatic carbocycles. The third kappa shape index (κ3) is 7.50. The summed E-state index contributed by atoms with van der Waals surface area (Å²) in [5, 5.41) is 0.595. The first kappa shape index (κ1) is 22.3. The Hall–Kier alpha value is -0.997. The first-order valence-corrected chi connectivity index (χ1v) is 13.9. The zero-order valence-electron chi connectivity index (χ0n) is 14.7. The molecule has 27 heavy (non-hydrogen) atoms. The Bertz CT molecular complexity index is 824. The van der Waals surface area contributed by atoms with Crippen LogP contribution < -0.4 is 4.90 Å². The van der Waals surface area contributed by atoms with Crippen molar-refractivity contribution in [1.82, 2.24) is 0 Å². The van der Waals surface area contributed by atoms with Crippen molar-refractivity contribution in [3.63, 3.8) is 0 Å². The van der Waals surface area contributed by atoms with Crippen molar-refractivity contribution in [2.45, 2.75) is 26.5 Å². The molecule has 0 N–H and O–H groups in total. The Balaban J connectivity index is 2.35. The third-order valence-electron chi connectivity index (χ3n) is 3.54. The van der Waals surface area contributed by atoms with Crippen molar-refractivity contribution in [2.24, 2.45) is 0 Å². The molecule has 0 unspecified atom stereocenters. The fraction of sp³-hybridized carbons (Fsp3) is 0.263. The molecule has 0 heterocycles. The number of benzene rings is 2. The molecule has 0 aliphatic heterocycles. The van der Waals surface area contributed by atoms with Gasteiger partial charge in [0.15, 0.2) is 0 Å². The van der Waals surface area contributed by atoms with Gasteiger partial charge in [-0.25, -0.2) is 0 Å². The fourth-order valence-corrected chi connectivity index (χ4v) is 4.43. The zero-order valence-corrected chi connectivity index (χ0v) is 18.7. The molecule has 0 saturated carbocycles. The van der Waals surface area contributed by atoms with E-state index in [1.807, 2.05) is 17.0 Å². The van der Waals surface area contributed by atoms with Gasteiger partial charge in [0.2, 0.25) is 0 Å². The van der Waals surface area contributed by atoms with E-state index >= 15 is 0 Å². The second kappa shape index (κ2) is 10.5.